The Hall–Kier alpha value is 1.18. The van der Waals surface area contributed by atoms with Crippen LogP contribution in [0.15, 0.2) is 0 Å². The topological polar surface area (TPSA) is 0 Å². The van der Waals surface area contributed by atoms with Crippen molar-refractivity contribution in [1.82, 2.24) is 0 Å². The first-order valence-electron chi connectivity index (χ1n) is 4.62. The van der Waals surface area contributed by atoms with E-state index < -0.39 is 47.7 Å². The zero-order chi connectivity index (χ0) is 20.2. The Kier molecular flexibility index (Phi) is 7.31. The lowest BCUT2D eigenvalue weighted by Gasteiger charge is -2.44. The SMILES string of the molecule is FC(F)(F)P(C(F)(F)F)C(Cl)(Cl)C(Cl)(Cl)P(C(F)(F)F)C(F)(F)F. The van der Waals surface area contributed by atoms with Crippen LogP contribution in [0, 0.1) is 0 Å². The number of hydrogen-bond acceptors (Lipinski definition) is 0. The molecule has 0 aliphatic heterocycles. The minimum atomic E-state index is -6.44. The van der Waals surface area contributed by atoms with Gasteiger partial charge in [0.1, 0.15) is 0 Å². The van der Waals surface area contributed by atoms with Gasteiger partial charge in [0.25, 0.3) is 0 Å². The summed E-state index contributed by atoms with van der Waals surface area (Å²) in [6.45, 7) is 0. The molecule has 0 radical (unpaired) electrons. The van der Waals surface area contributed by atoms with Crippen molar-refractivity contribution < 1.29 is 52.7 Å². The Morgan fingerprint density at radius 2 is 0.500 bits per heavy atom. The maximum atomic E-state index is 12.6. The summed E-state index contributed by atoms with van der Waals surface area (Å²) < 4.78 is 141. The first kappa shape index (κ1) is 25.2. The summed E-state index contributed by atoms with van der Waals surface area (Å²) in [4.78, 5) is 0. The quantitative estimate of drug-likeness (QED) is 0.206. The highest BCUT2D eigenvalue weighted by atomic mass is 35.5. The molecule has 0 nitrogen and oxygen atoms in total. The van der Waals surface area contributed by atoms with Gasteiger partial charge < -0.3 is 0 Å². The molecule has 0 spiro atoms. The van der Waals surface area contributed by atoms with E-state index in [0.29, 0.717) is 0 Å². The lowest BCUT2D eigenvalue weighted by atomic mass is 10.9. The van der Waals surface area contributed by atoms with Gasteiger partial charge in [0, 0.05) is 0 Å². The van der Waals surface area contributed by atoms with Crippen molar-refractivity contribution in [2.24, 2.45) is 0 Å². The number of alkyl halides is 16. The molecular weight excluding hydrogens is 504 g/mol. The maximum Gasteiger partial charge on any atom is 0.416 e. The summed E-state index contributed by atoms with van der Waals surface area (Å²) >= 11 is 18.7. The molecule has 0 saturated heterocycles. The molecule has 0 aromatic heterocycles. The fourth-order valence-corrected chi connectivity index (χ4v) is 7.49. The monoisotopic (exact) mass is 502 g/mol. The molecule has 18 heteroatoms. The summed E-state index contributed by atoms with van der Waals surface area (Å²) in [5, 5.41) is 0. The van der Waals surface area contributed by atoms with Crippen LogP contribution in [0.5, 0.6) is 0 Å². The zero-order valence-corrected chi connectivity index (χ0v) is 14.8. The van der Waals surface area contributed by atoms with E-state index in [0.717, 1.165) is 0 Å². The lowest BCUT2D eigenvalue weighted by molar-refractivity contribution is -0.0888. The van der Waals surface area contributed by atoms with E-state index in [4.69, 9.17) is 0 Å². The Morgan fingerprint density at radius 3 is 0.583 bits per heavy atom. The molecule has 0 amide bonds. The fourth-order valence-electron chi connectivity index (χ4n) is 1.19. The van der Waals surface area contributed by atoms with Crippen molar-refractivity contribution in [3.05, 3.63) is 0 Å². The van der Waals surface area contributed by atoms with Crippen LogP contribution in [0.25, 0.3) is 0 Å². The second-order valence-electron chi connectivity index (χ2n) is 3.62. The maximum absolute atomic E-state index is 12.6. The fraction of sp³-hybridized carbons (Fsp3) is 1.00. The molecule has 146 valence electrons. The van der Waals surface area contributed by atoms with Crippen molar-refractivity contribution in [2.75, 3.05) is 0 Å². The molecule has 0 heterocycles. The molecule has 0 aliphatic carbocycles. The van der Waals surface area contributed by atoms with Gasteiger partial charge in [-0.25, -0.2) is 0 Å². The summed E-state index contributed by atoms with van der Waals surface area (Å²) in [6, 6.07) is 0. The van der Waals surface area contributed by atoms with E-state index in [1.807, 2.05) is 0 Å². The average molecular weight is 504 g/mol. The van der Waals surface area contributed by atoms with E-state index in [1.165, 1.54) is 0 Å². The molecule has 0 saturated carbocycles. The Bertz CT molecular complexity index is 378. The van der Waals surface area contributed by atoms with Gasteiger partial charge in [0.15, 0.2) is 24.0 Å². The molecule has 0 atom stereocenters. The van der Waals surface area contributed by atoms with E-state index >= 15 is 0 Å². The van der Waals surface area contributed by atoms with E-state index in [2.05, 4.69) is 46.4 Å². The largest absolute Gasteiger partial charge is 0.416 e. The van der Waals surface area contributed by atoms with Crippen LogP contribution < -0.4 is 0 Å². The van der Waals surface area contributed by atoms with Gasteiger partial charge in [0.2, 0.25) is 0 Å². The second-order valence-corrected chi connectivity index (χ2v) is 12.0. The molecule has 0 N–H and O–H groups in total. The molecule has 0 fully saturated rings. The van der Waals surface area contributed by atoms with Crippen LogP contribution in [0.2, 0.25) is 0 Å². The predicted octanol–water partition coefficient (Wildman–Crippen LogP) is 8.29. The second kappa shape index (κ2) is 6.97. The van der Waals surface area contributed by atoms with Crippen LogP contribution in [0.3, 0.4) is 0 Å². The Labute approximate surface area is 147 Å². The summed E-state index contributed by atoms with van der Waals surface area (Å²) in [7, 11) is -11.8. The Balaban J connectivity index is 6.50. The van der Waals surface area contributed by atoms with Crippen molar-refractivity contribution in [3.8, 4) is 0 Å². The molecule has 0 bridgehead atoms. The molecule has 0 unspecified atom stereocenters. The molecule has 0 rings (SSSR count). The van der Waals surface area contributed by atoms with E-state index in [1.54, 1.807) is 0 Å². The average Bonchev–Trinajstić information content (AvgIpc) is 2.02. The third-order valence-electron chi connectivity index (χ3n) is 1.94. The third kappa shape index (κ3) is 5.35. The number of hydrogen-bond donors (Lipinski definition) is 0. The standard InChI is InChI=1S/C6Cl4F12P2/c7-1(8,23(3(11,12)13)4(14,15)16)2(9,10)24(5(17,18)19)6(20,21)22. The first-order chi connectivity index (χ1) is 9.98. The number of halogens is 16. The number of rotatable bonds is 3. The van der Waals surface area contributed by atoms with Crippen LogP contribution in [-0.4, -0.2) is 31.8 Å². The van der Waals surface area contributed by atoms with Gasteiger partial charge in [-0.3, -0.25) is 0 Å². The van der Waals surface area contributed by atoms with Gasteiger partial charge in [-0.15, -0.1) is 0 Å². The highest BCUT2D eigenvalue weighted by Gasteiger charge is 2.79. The van der Waals surface area contributed by atoms with Crippen LogP contribution in [0.4, 0.5) is 52.7 Å². The first-order valence-corrected chi connectivity index (χ1v) is 8.81. The third-order valence-corrected chi connectivity index (χ3v) is 10.0. The van der Waals surface area contributed by atoms with Gasteiger partial charge in [-0.05, 0) is 0 Å². The minimum absolute atomic E-state index is 4.68. The van der Waals surface area contributed by atoms with Crippen LogP contribution in [-0.2, 0) is 0 Å². The van der Waals surface area contributed by atoms with Crippen molar-refractivity contribution >= 4 is 62.2 Å². The normalized spacial score (nSPS) is 16.2. The Morgan fingerprint density at radius 1 is 0.375 bits per heavy atom. The highest BCUT2D eigenvalue weighted by molar-refractivity contribution is 7.71. The van der Waals surface area contributed by atoms with Gasteiger partial charge in [-0.2, -0.15) is 52.7 Å². The van der Waals surface area contributed by atoms with Crippen LogP contribution >= 0.6 is 62.2 Å². The summed E-state index contributed by atoms with van der Waals surface area (Å²) in [5.41, 5.74) is 0. The highest BCUT2D eigenvalue weighted by Crippen LogP contribution is 2.86. The molecule has 0 aromatic carbocycles. The summed E-state index contributed by atoms with van der Waals surface area (Å²) in [6.07, 6.45) is 0. The van der Waals surface area contributed by atoms with E-state index in [9.17, 15) is 52.7 Å². The van der Waals surface area contributed by atoms with Gasteiger partial charge >= 0.3 is 23.7 Å². The predicted molar refractivity (Wildman–Crippen MR) is 66.9 cm³/mol. The van der Waals surface area contributed by atoms with Crippen molar-refractivity contribution in [3.63, 3.8) is 0 Å². The zero-order valence-electron chi connectivity index (χ0n) is 9.94. The van der Waals surface area contributed by atoms with E-state index in [-0.39, 0.29) is 0 Å². The molecular formula is C6Cl4F12P2. The van der Waals surface area contributed by atoms with Crippen LogP contribution in [0.1, 0.15) is 0 Å². The lowest BCUT2D eigenvalue weighted by Crippen LogP contribution is -2.45. The molecule has 24 heavy (non-hydrogen) atoms. The van der Waals surface area contributed by atoms with Gasteiger partial charge in [0.05, 0.1) is 0 Å². The minimum Gasteiger partial charge on any atom is -0.166 e. The molecule has 0 aromatic rings. The van der Waals surface area contributed by atoms with Crippen molar-refractivity contribution in [1.29, 1.82) is 0 Å². The smallest absolute Gasteiger partial charge is 0.166 e. The van der Waals surface area contributed by atoms with Gasteiger partial charge in [-0.1, -0.05) is 46.4 Å². The molecule has 0 aliphatic rings. The summed E-state index contributed by atoms with van der Waals surface area (Å²) in [5.74, 6) is -25.8. The van der Waals surface area contributed by atoms with Crippen molar-refractivity contribution in [2.45, 2.75) is 31.8 Å².